The van der Waals surface area contributed by atoms with E-state index in [9.17, 15) is 4.79 Å². The van der Waals surface area contributed by atoms with E-state index >= 15 is 0 Å². The van der Waals surface area contributed by atoms with Crippen LogP contribution in [0.25, 0.3) is 11.5 Å². The minimum Gasteiger partial charge on any atom is -0.497 e. The van der Waals surface area contributed by atoms with E-state index in [0.717, 1.165) is 11.3 Å². The Morgan fingerprint density at radius 3 is 2.41 bits per heavy atom. The van der Waals surface area contributed by atoms with Gasteiger partial charge in [0, 0.05) is 10.6 Å². The molecule has 0 aliphatic heterocycles. The Labute approximate surface area is 160 Å². The Morgan fingerprint density at radius 2 is 1.74 bits per heavy atom. The van der Waals surface area contributed by atoms with E-state index < -0.39 is 12.1 Å². The second-order valence-electron chi connectivity index (χ2n) is 5.55. The van der Waals surface area contributed by atoms with Gasteiger partial charge in [0.1, 0.15) is 11.5 Å². The average molecular weight is 389 g/mol. The molecule has 0 spiro atoms. The molecule has 0 aliphatic rings. The molecule has 0 saturated carbocycles. The van der Waals surface area contributed by atoms with Crippen LogP contribution < -0.4 is 9.47 Å². The monoisotopic (exact) mass is 388 g/mol. The van der Waals surface area contributed by atoms with Crippen LogP contribution in [0.4, 0.5) is 0 Å². The van der Waals surface area contributed by atoms with Crippen LogP contribution in [0.3, 0.4) is 0 Å². The molecule has 7 nitrogen and oxygen atoms in total. The first-order valence-electron chi connectivity index (χ1n) is 8.11. The number of aromatic nitrogens is 2. The lowest BCUT2D eigenvalue weighted by Crippen LogP contribution is -2.17. The molecule has 2 aromatic carbocycles. The van der Waals surface area contributed by atoms with Crippen LogP contribution in [-0.2, 0) is 9.53 Å². The summed E-state index contributed by atoms with van der Waals surface area (Å²) in [7, 11) is 1.59. The summed E-state index contributed by atoms with van der Waals surface area (Å²) in [4.78, 5) is 11.9. The van der Waals surface area contributed by atoms with Gasteiger partial charge in [-0.15, -0.1) is 10.2 Å². The number of ether oxygens (including phenoxy) is 3. The first-order chi connectivity index (χ1) is 13.0. The zero-order valence-electron chi connectivity index (χ0n) is 14.7. The molecule has 0 bridgehead atoms. The van der Waals surface area contributed by atoms with Crippen molar-refractivity contribution in [2.24, 2.45) is 0 Å². The highest BCUT2D eigenvalue weighted by Crippen LogP contribution is 2.24. The second kappa shape index (κ2) is 8.55. The number of rotatable bonds is 7. The van der Waals surface area contributed by atoms with Crippen LogP contribution in [0.15, 0.2) is 52.9 Å². The normalized spacial score (nSPS) is 11.7. The fraction of sp³-hybridized carbons (Fsp3) is 0.211. The molecule has 140 valence electrons. The van der Waals surface area contributed by atoms with Gasteiger partial charge in [0.25, 0.3) is 5.89 Å². The zero-order chi connectivity index (χ0) is 19.2. The highest BCUT2D eigenvalue weighted by atomic mass is 35.5. The third-order valence-electron chi connectivity index (χ3n) is 3.60. The topological polar surface area (TPSA) is 83.7 Å². The predicted molar refractivity (Wildman–Crippen MR) is 97.7 cm³/mol. The fourth-order valence-corrected chi connectivity index (χ4v) is 2.33. The van der Waals surface area contributed by atoms with Gasteiger partial charge in [0.15, 0.2) is 12.7 Å². The standard InChI is InChI=1S/C19H17ClN2O5/c1-12(26-17(23)11-25-16-9-5-14(20)6-10-16)18-21-22-19(27-18)13-3-7-15(24-2)8-4-13/h3-10,12H,11H2,1-2H3/t12-/m1/s1. The lowest BCUT2D eigenvalue weighted by molar-refractivity contribution is -0.152. The van der Waals surface area contributed by atoms with Crippen molar-refractivity contribution in [3.63, 3.8) is 0 Å². The summed E-state index contributed by atoms with van der Waals surface area (Å²) in [6.45, 7) is 1.40. The molecule has 0 fully saturated rings. The third kappa shape index (κ3) is 4.98. The summed E-state index contributed by atoms with van der Waals surface area (Å²) in [5.74, 6) is 1.21. The largest absolute Gasteiger partial charge is 0.497 e. The maximum absolute atomic E-state index is 11.9. The highest BCUT2D eigenvalue weighted by Gasteiger charge is 2.19. The van der Waals surface area contributed by atoms with Crippen molar-refractivity contribution in [2.45, 2.75) is 13.0 Å². The summed E-state index contributed by atoms with van der Waals surface area (Å²) in [5, 5.41) is 8.50. The molecule has 1 heterocycles. The minimum absolute atomic E-state index is 0.195. The molecule has 1 aromatic heterocycles. The summed E-state index contributed by atoms with van der Waals surface area (Å²) in [5.41, 5.74) is 0.735. The number of hydrogen-bond donors (Lipinski definition) is 0. The van der Waals surface area contributed by atoms with E-state index in [1.54, 1.807) is 62.6 Å². The van der Waals surface area contributed by atoms with Crippen LogP contribution >= 0.6 is 11.6 Å². The first kappa shape index (κ1) is 18.7. The molecule has 27 heavy (non-hydrogen) atoms. The maximum Gasteiger partial charge on any atom is 0.344 e. The van der Waals surface area contributed by atoms with E-state index in [1.807, 2.05) is 0 Å². The quantitative estimate of drug-likeness (QED) is 0.564. The van der Waals surface area contributed by atoms with E-state index in [0.29, 0.717) is 16.7 Å². The van der Waals surface area contributed by atoms with Gasteiger partial charge in [-0.05, 0) is 55.5 Å². The number of nitrogens with zero attached hydrogens (tertiary/aromatic N) is 2. The number of benzene rings is 2. The van der Waals surface area contributed by atoms with Gasteiger partial charge in [-0.1, -0.05) is 11.6 Å². The van der Waals surface area contributed by atoms with Crippen LogP contribution in [0.5, 0.6) is 11.5 Å². The van der Waals surface area contributed by atoms with Gasteiger partial charge in [-0.25, -0.2) is 4.79 Å². The van der Waals surface area contributed by atoms with Crippen molar-refractivity contribution in [3.05, 3.63) is 59.4 Å². The van der Waals surface area contributed by atoms with Crippen molar-refractivity contribution >= 4 is 17.6 Å². The number of methoxy groups -OCH3 is 1. The molecule has 0 N–H and O–H groups in total. The second-order valence-corrected chi connectivity index (χ2v) is 5.99. The third-order valence-corrected chi connectivity index (χ3v) is 3.86. The molecule has 0 amide bonds. The van der Waals surface area contributed by atoms with E-state index in [1.165, 1.54) is 0 Å². The summed E-state index contributed by atoms with van der Waals surface area (Å²) in [6, 6.07) is 13.8. The van der Waals surface area contributed by atoms with Crippen molar-refractivity contribution < 1.29 is 23.4 Å². The van der Waals surface area contributed by atoms with Crippen LogP contribution in [-0.4, -0.2) is 29.9 Å². The van der Waals surface area contributed by atoms with Crippen molar-refractivity contribution in [3.8, 4) is 23.0 Å². The minimum atomic E-state index is -0.703. The number of carbonyl (C=O) groups excluding carboxylic acids is 1. The Kier molecular flexibility index (Phi) is 5.93. The molecule has 8 heteroatoms. The average Bonchev–Trinajstić information content (AvgIpc) is 3.18. The Bertz CT molecular complexity index is 893. The van der Waals surface area contributed by atoms with Crippen LogP contribution in [0.2, 0.25) is 5.02 Å². The van der Waals surface area contributed by atoms with Crippen LogP contribution in [0.1, 0.15) is 18.9 Å². The van der Waals surface area contributed by atoms with Gasteiger partial charge in [0.2, 0.25) is 5.89 Å². The summed E-state index contributed by atoms with van der Waals surface area (Å²) in [6.07, 6.45) is -0.703. The van der Waals surface area contributed by atoms with Gasteiger partial charge in [-0.3, -0.25) is 0 Å². The maximum atomic E-state index is 11.9. The van der Waals surface area contributed by atoms with E-state index in [2.05, 4.69) is 10.2 Å². The predicted octanol–water partition coefficient (Wildman–Crippen LogP) is 4.08. The number of halogens is 1. The molecule has 0 radical (unpaired) electrons. The molecule has 3 rings (SSSR count). The summed E-state index contributed by atoms with van der Waals surface area (Å²) < 4.78 is 21.3. The fourth-order valence-electron chi connectivity index (χ4n) is 2.20. The van der Waals surface area contributed by atoms with Crippen molar-refractivity contribution in [1.29, 1.82) is 0 Å². The van der Waals surface area contributed by atoms with Gasteiger partial charge in [0.05, 0.1) is 7.11 Å². The van der Waals surface area contributed by atoms with Gasteiger partial charge < -0.3 is 18.6 Å². The smallest absolute Gasteiger partial charge is 0.344 e. The summed E-state index contributed by atoms with van der Waals surface area (Å²) >= 11 is 5.80. The number of hydrogen-bond acceptors (Lipinski definition) is 7. The Hall–Kier alpha value is -3.06. The number of carbonyl (C=O) groups is 1. The van der Waals surface area contributed by atoms with Crippen LogP contribution in [0, 0.1) is 0 Å². The molecular weight excluding hydrogens is 372 g/mol. The Balaban J connectivity index is 1.55. The lowest BCUT2D eigenvalue weighted by atomic mass is 10.2. The van der Waals surface area contributed by atoms with E-state index in [-0.39, 0.29) is 12.5 Å². The molecular formula is C19H17ClN2O5. The number of esters is 1. The first-order valence-corrected chi connectivity index (χ1v) is 8.48. The highest BCUT2D eigenvalue weighted by molar-refractivity contribution is 6.30. The van der Waals surface area contributed by atoms with E-state index in [4.69, 9.17) is 30.2 Å². The molecule has 3 aromatic rings. The van der Waals surface area contributed by atoms with Gasteiger partial charge in [-0.2, -0.15) is 0 Å². The Morgan fingerprint density at radius 1 is 1.07 bits per heavy atom. The molecule has 1 atom stereocenters. The lowest BCUT2D eigenvalue weighted by Gasteiger charge is -2.10. The molecule has 0 aliphatic carbocycles. The molecule has 0 unspecified atom stereocenters. The van der Waals surface area contributed by atoms with Gasteiger partial charge >= 0.3 is 5.97 Å². The van der Waals surface area contributed by atoms with Crippen molar-refractivity contribution in [2.75, 3.05) is 13.7 Å². The zero-order valence-corrected chi connectivity index (χ0v) is 15.5. The van der Waals surface area contributed by atoms with Crippen molar-refractivity contribution in [1.82, 2.24) is 10.2 Å². The SMILES string of the molecule is COc1ccc(-c2nnc([C@@H](C)OC(=O)COc3ccc(Cl)cc3)o2)cc1. The molecule has 0 saturated heterocycles.